The van der Waals surface area contributed by atoms with Gasteiger partial charge in [-0.3, -0.25) is 4.68 Å². The van der Waals surface area contributed by atoms with Crippen molar-refractivity contribution in [2.45, 2.75) is 50.7 Å². The number of β-amino-alcohol motifs (C(OH)–C–C–N with tert-alkyl or cyclic N) is 1. The molecule has 4 aromatic rings. The highest BCUT2D eigenvalue weighted by Gasteiger charge is 2.27. The van der Waals surface area contributed by atoms with E-state index in [1.165, 1.54) is 25.0 Å². The van der Waals surface area contributed by atoms with Crippen LogP contribution in [0.5, 0.6) is 0 Å². The number of piperidine rings is 1. The fourth-order valence-corrected chi connectivity index (χ4v) is 5.58. The van der Waals surface area contributed by atoms with Crippen LogP contribution in [0.4, 0.5) is 16.0 Å². The molecule has 37 heavy (non-hydrogen) atoms. The van der Waals surface area contributed by atoms with Gasteiger partial charge in [0.2, 0.25) is 5.95 Å². The number of aliphatic hydroxyl groups is 1. The third-order valence-corrected chi connectivity index (χ3v) is 7.92. The zero-order valence-electron chi connectivity index (χ0n) is 20.7. The first-order valence-electron chi connectivity index (χ1n) is 12.9. The minimum Gasteiger partial charge on any atom is -0.387 e. The Morgan fingerprint density at radius 2 is 1.86 bits per heavy atom. The Labute approximate surface area is 220 Å². The minimum atomic E-state index is -0.635. The van der Waals surface area contributed by atoms with Crippen molar-refractivity contribution in [3.63, 3.8) is 0 Å². The summed E-state index contributed by atoms with van der Waals surface area (Å²) < 4.78 is 15.3. The average molecular weight is 521 g/mol. The molecular formula is C28H30ClFN6O. The van der Waals surface area contributed by atoms with Gasteiger partial charge in [-0.25, -0.2) is 14.4 Å². The number of aliphatic hydroxyl groups excluding tert-OH is 1. The van der Waals surface area contributed by atoms with Crippen molar-refractivity contribution in [2.75, 3.05) is 25.0 Å². The summed E-state index contributed by atoms with van der Waals surface area (Å²) >= 11 is 6.71. The summed E-state index contributed by atoms with van der Waals surface area (Å²) in [6.07, 6.45) is 7.27. The fourth-order valence-electron chi connectivity index (χ4n) is 5.26. The first-order chi connectivity index (χ1) is 17.9. The van der Waals surface area contributed by atoms with E-state index in [2.05, 4.69) is 38.0 Å². The van der Waals surface area contributed by atoms with Crippen LogP contribution in [0.25, 0.3) is 10.9 Å². The number of rotatable bonds is 7. The highest BCUT2D eigenvalue weighted by molar-refractivity contribution is 6.32. The van der Waals surface area contributed by atoms with Crippen molar-refractivity contribution in [2.24, 2.45) is 0 Å². The maximum Gasteiger partial charge on any atom is 0.227 e. The lowest BCUT2D eigenvalue weighted by Gasteiger charge is -2.33. The number of nitrogens with one attached hydrogen (secondary N) is 1. The number of fused-ring (bicyclic) bond motifs is 1. The molecule has 0 amide bonds. The Hall–Kier alpha value is -3.07. The summed E-state index contributed by atoms with van der Waals surface area (Å²) in [5.41, 5.74) is 4.73. The highest BCUT2D eigenvalue weighted by atomic mass is 35.5. The van der Waals surface area contributed by atoms with Crippen LogP contribution in [0, 0.1) is 12.7 Å². The topological polar surface area (TPSA) is 79.1 Å². The third kappa shape index (κ3) is 5.19. The number of anilines is 2. The van der Waals surface area contributed by atoms with Gasteiger partial charge in [0.1, 0.15) is 5.82 Å². The standard InChI is InChI=1S/C28H30ClFN6O/c1-17-26(15-32-36(17)22-6-7-22)34-28-31-14-20-12-24(29)23(13-25(20)33-28)18-8-10-35(11-9-18)16-27(37)19-2-4-21(30)5-3-19/h2-5,12-15,18,22,27,37H,6-11,16H2,1H3,(H,31,33,34)/t27-/m1/s1. The smallest absolute Gasteiger partial charge is 0.227 e. The van der Waals surface area contributed by atoms with Crippen molar-refractivity contribution in [1.82, 2.24) is 24.6 Å². The summed E-state index contributed by atoms with van der Waals surface area (Å²) in [6, 6.07) is 10.6. The number of aromatic nitrogens is 4. The summed E-state index contributed by atoms with van der Waals surface area (Å²) in [7, 11) is 0. The van der Waals surface area contributed by atoms with Crippen LogP contribution in [0.1, 0.15) is 60.6 Å². The second kappa shape index (κ2) is 10.0. The molecule has 1 aliphatic carbocycles. The molecule has 1 atom stereocenters. The molecule has 1 saturated carbocycles. The molecule has 0 radical (unpaired) electrons. The molecule has 0 bridgehead atoms. The molecule has 0 unspecified atom stereocenters. The van der Waals surface area contributed by atoms with E-state index in [1.54, 1.807) is 18.3 Å². The molecule has 2 fully saturated rings. The van der Waals surface area contributed by atoms with E-state index in [4.69, 9.17) is 16.6 Å². The monoisotopic (exact) mass is 520 g/mol. The lowest BCUT2D eigenvalue weighted by atomic mass is 9.88. The van der Waals surface area contributed by atoms with Crippen LogP contribution in [0.15, 0.2) is 48.8 Å². The Morgan fingerprint density at radius 1 is 1.11 bits per heavy atom. The minimum absolute atomic E-state index is 0.294. The zero-order chi connectivity index (χ0) is 25.5. The maximum absolute atomic E-state index is 13.2. The molecule has 2 N–H and O–H groups in total. The zero-order valence-corrected chi connectivity index (χ0v) is 21.5. The second-order valence-corrected chi connectivity index (χ2v) is 10.6. The number of benzene rings is 2. The quantitative estimate of drug-likeness (QED) is 0.315. The molecular weight excluding hydrogens is 491 g/mol. The second-order valence-electron chi connectivity index (χ2n) is 10.2. The van der Waals surface area contributed by atoms with Crippen LogP contribution >= 0.6 is 11.6 Å². The van der Waals surface area contributed by atoms with Gasteiger partial charge in [-0.05, 0) is 87.0 Å². The number of hydrogen-bond acceptors (Lipinski definition) is 6. The molecule has 9 heteroatoms. The first-order valence-corrected chi connectivity index (χ1v) is 13.3. The summed E-state index contributed by atoms with van der Waals surface area (Å²) in [4.78, 5) is 11.5. The first kappa shape index (κ1) is 24.3. The van der Waals surface area contributed by atoms with E-state index >= 15 is 0 Å². The normalized spacial score (nSPS) is 17.8. The Morgan fingerprint density at radius 3 is 2.59 bits per heavy atom. The number of halogens is 2. The van der Waals surface area contributed by atoms with Crippen molar-refractivity contribution in [1.29, 1.82) is 0 Å². The molecule has 2 aromatic heterocycles. The molecule has 1 aliphatic heterocycles. The highest BCUT2D eigenvalue weighted by Crippen LogP contribution is 2.38. The fraction of sp³-hybridized carbons (Fsp3) is 0.393. The van der Waals surface area contributed by atoms with Crippen LogP contribution in [-0.2, 0) is 0 Å². The summed E-state index contributed by atoms with van der Waals surface area (Å²) in [6.45, 7) is 4.32. The maximum atomic E-state index is 13.2. The molecule has 3 heterocycles. The summed E-state index contributed by atoms with van der Waals surface area (Å²) in [5.74, 6) is 0.572. The van der Waals surface area contributed by atoms with Gasteiger partial charge in [0.05, 0.1) is 35.2 Å². The lowest BCUT2D eigenvalue weighted by molar-refractivity contribution is 0.0972. The van der Waals surface area contributed by atoms with Crippen molar-refractivity contribution >= 4 is 34.1 Å². The van der Waals surface area contributed by atoms with Crippen molar-refractivity contribution in [3.8, 4) is 0 Å². The van der Waals surface area contributed by atoms with E-state index in [0.29, 0.717) is 24.5 Å². The van der Waals surface area contributed by atoms with E-state index < -0.39 is 6.10 Å². The van der Waals surface area contributed by atoms with Crippen LogP contribution in [0.2, 0.25) is 5.02 Å². The van der Waals surface area contributed by atoms with Crippen LogP contribution in [-0.4, -0.2) is 49.4 Å². The Bertz CT molecular complexity index is 1410. The van der Waals surface area contributed by atoms with Gasteiger partial charge in [-0.1, -0.05) is 23.7 Å². The number of hydrogen-bond donors (Lipinski definition) is 2. The molecule has 1 saturated heterocycles. The van der Waals surface area contributed by atoms with Crippen molar-refractivity contribution < 1.29 is 9.50 Å². The third-order valence-electron chi connectivity index (χ3n) is 7.60. The van der Waals surface area contributed by atoms with Gasteiger partial charge in [0, 0.05) is 23.2 Å². The largest absolute Gasteiger partial charge is 0.387 e. The van der Waals surface area contributed by atoms with Gasteiger partial charge in [-0.2, -0.15) is 5.10 Å². The molecule has 6 rings (SSSR count). The van der Waals surface area contributed by atoms with E-state index in [0.717, 1.165) is 64.4 Å². The molecule has 2 aliphatic rings. The Balaban J connectivity index is 1.14. The van der Waals surface area contributed by atoms with Crippen LogP contribution < -0.4 is 5.32 Å². The van der Waals surface area contributed by atoms with Gasteiger partial charge in [-0.15, -0.1) is 0 Å². The average Bonchev–Trinajstić information content (AvgIpc) is 3.68. The summed E-state index contributed by atoms with van der Waals surface area (Å²) in [5, 5.41) is 20.1. The Kier molecular flexibility index (Phi) is 6.56. The van der Waals surface area contributed by atoms with Crippen LogP contribution in [0.3, 0.4) is 0 Å². The van der Waals surface area contributed by atoms with E-state index in [1.807, 2.05) is 12.3 Å². The van der Waals surface area contributed by atoms with Crippen molar-refractivity contribution in [3.05, 3.63) is 76.5 Å². The molecule has 2 aromatic carbocycles. The molecule has 0 spiro atoms. The van der Waals surface area contributed by atoms with Gasteiger partial charge < -0.3 is 15.3 Å². The van der Waals surface area contributed by atoms with Gasteiger partial charge in [0.15, 0.2) is 0 Å². The lowest BCUT2D eigenvalue weighted by Crippen LogP contribution is -2.36. The van der Waals surface area contributed by atoms with E-state index in [9.17, 15) is 9.50 Å². The van der Waals surface area contributed by atoms with Gasteiger partial charge in [0.25, 0.3) is 0 Å². The number of nitrogens with zero attached hydrogens (tertiary/aromatic N) is 5. The predicted molar refractivity (Wildman–Crippen MR) is 143 cm³/mol. The SMILES string of the molecule is Cc1c(Nc2ncc3cc(Cl)c(C4CCN(C[C@@H](O)c5ccc(F)cc5)CC4)cc3n2)cnn1C1CC1. The molecule has 7 nitrogen and oxygen atoms in total. The van der Waals surface area contributed by atoms with E-state index in [-0.39, 0.29) is 5.82 Å². The molecule has 192 valence electrons. The predicted octanol–water partition coefficient (Wildman–Crippen LogP) is 5.92. The number of likely N-dealkylation sites (tertiary alicyclic amines) is 1. The van der Waals surface area contributed by atoms with Gasteiger partial charge >= 0.3 is 0 Å².